The van der Waals surface area contributed by atoms with Gasteiger partial charge in [-0.05, 0) is 27.7 Å². The topological polar surface area (TPSA) is 176 Å². The van der Waals surface area contributed by atoms with E-state index in [9.17, 15) is 14.5 Å². The number of esters is 1. The van der Waals surface area contributed by atoms with Crippen LogP contribution in [-0.2, 0) is 29.1 Å². The van der Waals surface area contributed by atoms with Crippen molar-refractivity contribution in [2.45, 2.75) is 57.8 Å². The molecule has 15 heteroatoms. The number of methoxy groups -OCH3 is 1. The van der Waals surface area contributed by atoms with Crippen molar-refractivity contribution in [3.8, 4) is 0 Å². The van der Waals surface area contributed by atoms with E-state index in [0.717, 1.165) is 17.8 Å². The van der Waals surface area contributed by atoms with E-state index in [0.29, 0.717) is 5.82 Å². The summed E-state index contributed by atoms with van der Waals surface area (Å²) in [6.45, 7) is 6.76. The number of anilines is 2. The zero-order chi connectivity index (χ0) is 25.8. The Labute approximate surface area is 197 Å². The van der Waals surface area contributed by atoms with Gasteiger partial charge in [-0.15, -0.1) is 0 Å². The minimum Gasteiger partial charge on any atom is -0.462 e. The Bertz CT molecular complexity index is 1050. The SMILES string of the molecule is CNc1nc(N)nc2c1ncn2[C@](C)(F)[C@H](O)C(COP(C)(=O)N[C@@H](C)C(=O)OC(C)C)OC. The number of carbonyl (C=O) groups is 1. The minimum atomic E-state index is -3.55. The van der Waals surface area contributed by atoms with Gasteiger partial charge in [0.15, 0.2) is 17.0 Å². The monoisotopic (exact) mass is 505 g/mol. The quantitative estimate of drug-likeness (QED) is 0.240. The largest absolute Gasteiger partial charge is 0.462 e. The lowest BCUT2D eigenvalue weighted by Gasteiger charge is -2.33. The van der Waals surface area contributed by atoms with Gasteiger partial charge in [0.2, 0.25) is 11.7 Å². The van der Waals surface area contributed by atoms with Crippen LogP contribution < -0.4 is 16.1 Å². The minimum absolute atomic E-state index is 0.0528. The summed E-state index contributed by atoms with van der Waals surface area (Å²) < 4.78 is 45.4. The number of halogens is 1. The Kier molecular flexibility index (Phi) is 8.94. The van der Waals surface area contributed by atoms with Crippen molar-refractivity contribution in [2.75, 3.05) is 38.5 Å². The molecular weight excluding hydrogens is 472 g/mol. The molecule has 2 unspecified atom stereocenters. The van der Waals surface area contributed by atoms with Crippen molar-refractivity contribution in [3.63, 3.8) is 0 Å². The van der Waals surface area contributed by atoms with Gasteiger partial charge in [-0.3, -0.25) is 13.9 Å². The van der Waals surface area contributed by atoms with E-state index < -0.39 is 44.1 Å². The summed E-state index contributed by atoms with van der Waals surface area (Å²) in [4.78, 5) is 24.1. The maximum atomic E-state index is 15.9. The second kappa shape index (κ2) is 10.9. The smallest absolute Gasteiger partial charge is 0.323 e. The van der Waals surface area contributed by atoms with E-state index in [1.807, 2.05) is 0 Å². The molecule has 0 aliphatic carbocycles. The zero-order valence-corrected chi connectivity index (χ0v) is 21.2. The van der Waals surface area contributed by atoms with Gasteiger partial charge in [-0.25, -0.2) is 14.5 Å². The number of hydrogen-bond donors (Lipinski definition) is 4. The van der Waals surface area contributed by atoms with Gasteiger partial charge in [0.1, 0.15) is 18.2 Å². The number of aliphatic hydroxyl groups is 1. The standard InChI is InChI=1S/C19H33FN7O6P/c1-10(2)33-17(29)11(3)26-34(7,30)32-8-12(31-6)14(28)19(4,20)27-9-23-13-15(22-5)24-18(21)25-16(13)27/h9-12,14,28H,8H2,1-7H3,(H,26,30)(H3,21,22,24,25)/t11-,12?,14+,19-,34?/m0/s1. The Balaban J connectivity index is 2.18. The summed E-state index contributed by atoms with van der Waals surface area (Å²) in [7, 11) is -0.705. The molecule has 2 rings (SSSR count). The number of ether oxygens (including phenoxy) is 2. The molecule has 5 N–H and O–H groups in total. The van der Waals surface area contributed by atoms with Crippen LogP contribution in [-0.4, -0.2) is 82.4 Å². The molecule has 2 aromatic rings. The highest BCUT2D eigenvalue weighted by Crippen LogP contribution is 2.39. The first-order chi connectivity index (χ1) is 15.7. The predicted octanol–water partition coefficient (Wildman–Crippen LogP) is 1.24. The third-order valence-corrected chi connectivity index (χ3v) is 6.43. The number of carbonyl (C=O) groups excluding carboxylic acids is 1. The fourth-order valence-corrected chi connectivity index (χ4v) is 4.49. The molecule has 0 fully saturated rings. The lowest BCUT2D eigenvalue weighted by molar-refractivity contribution is -0.149. The van der Waals surface area contributed by atoms with Crippen LogP contribution >= 0.6 is 7.52 Å². The average molecular weight is 505 g/mol. The number of hydrogen-bond acceptors (Lipinski definition) is 11. The van der Waals surface area contributed by atoms with Crippen LogP contribution in [0.25, 0.3) is 11.2 Å². The summed E-state index contributed by atoms with van der Waals surface area (Å²) in [5.41, 5.74) is 6.02. The molecule has 0 aromatic carbocycles. The van der Waals surface area contributed by atoms with E-state index in [4.69, 9.17) is 19.7 Å². The normalized spacial score (nSPS) is 18.2. The highest BCUT2D eigenvalue weighted by molar-refractivity contribution is 7.56. The van der Waals surface area contributed by atoms with Gasteiger partial charge in [0.05, 0.1) is 19.0 Å². The molecule has 0 saturated carbocycles. The number of rotatable bonds is 12. The number of nitrogens with two attached hydrogens (primary N) is 1. The Hall–Kier alpha value is -2.38. The number of aromatic nitrogens is 4. The van der Waals surface area contributed by atoms with Gasteiger partial charge < -0.3 is 30.2 Å². The van der Waals surface area contributed by atoms with Gasteiger partial charge in [0.25, 0.3) is 7.52 Å². The third-order valence-electron chi connectivity index (χ3n) is 4.93. The molecule has 0 amide bonds. The molecule has 2 aromatic heterocycles. The van der Waals surface area contributed by atoms with E-state index in [2.05, 4.69) is 25.4 Å². The van der Waals surface area contributed by atoms with Crippen molar-refractivity contribution in [1.82, 2.24) is 24.6 Å². The van der Waals surface area contributed by atoms with Crippen molar-refractivity contribution < 1.29 is 32.9 Å². The van der Waals surface area contributed by atoms with Crippen molar-refractivity contribution in [3.05, 3.63) is 6.33 Å². The fourth-order valence-electron chi connectivity index (χ4n) is 3.17. The lowest BCUT2D eigenvalue weighted by atomic mass is 10.0. The van der Waals surface area contributed by atoms with Crippen LogP contribution in [0.15, 0.2) is 6.33 Å². The second-order valence-electron chi connectivity index (χ2n) is 8.19. The molecule has 13 nitrogen and oxygen atoms in total. The molecule has 0 aliphatic heterocycles. The molecule has 192 valence electrons. The van der Waals surface area contributed by atoms with Gasteiger partial charge in [-0.1, -0.05) is 0 Å². The summed E-state index contributed by atoms with van der Waals surface area (Å²) in [6, 6.07) is -0.917. The van der Waals surface area contributed by atoms with Crippen LogP contribution in [0.2, 0.25) is 0 Å². The van der Waals surface area contributed by atoms with Crippen molar-refractivity contribution in [2.24, 2.45) is 0 Å². The second-order valence-corrected chi connectivity index (χ2v) is 10.4. The van der Waals surface area contributed by atoms with Gasteiger partial charge >= 0.3 is 5.97 Å². The molecule has 5 atom stereocenters. The number of nitrogens with zero attached hydrogens (tertiary/aromatic N) is 4. The molecule has 0 spiro atoms. The fraction of sp³-hybridized carbons (Fsp3) is 0.684. The number of aliphatic hydroxyl groups excluding tert-OH is 1. The molecule has 0 bridgehead atoms. The summed E-state index contributed by atoms with van der Waals surface area (Å²) >= 11 is 0. The number of alkyl halides is 1. The Morgan fingerprint density at radius 2 is 2.03 bits per heavy atom. The van der Waals surface area contributed by atoms with Crippen LogP contribution in [0.4, 0.5) is 16.2 Å². The third kappa shape index (κ3) is 6.39. The van der Waals surface area contributed by atoms with Crippen molar-refractivity contribution in [1.29, 1.82) is 0 Å². The van der Waals surface area contributed by atoms with Gasteiger partial charge in [0, 0.05) is 20.8 Å². The number of imidazole rings is 1. The first-order valence-electron chi connectivity index (χ1n) is 10.5. The molecule has 0 aliphatic rings. The maximum absolute atomic E-state index is 15.9. The maximum Gasteiger partial charge on any atom is 0.323 e. The Morgan fingerprint density at radius 3 is 2.59 bits per heavy atom. The highest BCUT2D eigenvalue weighted by Gasteiger charge is 2.43. The zero-order valence-electron chi connectivity index (χ0n) is 20.3. The van der Waals surface area contributed by atoms with E-state index in [-0.39, 0.29) is 23.2 Å². The van der Waals surface area contributed by atoms with E-state index in [1.54, 1.807) is 20.9 Å². The molecule has 2 heterocycles. The summed E-state index contributed by atoms with van der Waals surface area (Å²) in [5, 5.41) is 16.2. The molecule has 34 heavy (non-hydrogen) atoms. The van der Waals surface area contributed by atoms with Crippen LogP contribution in [0.5, 0.6) is 0 Å². The number of fused-ring (bicyclic) bond motifs is 1. The van der Waals surface area contributed by atoms with Crippen LogP contribution in [0, 0.1) is 0 Å². The molecular formula is C19H33FN7O6P. The van der Waals surface area contributed by atoms with E-state index in [1.165, 1.54) is 20.7 Å². The van der Waals surface area contributed by atoms with Crippen LogP contribution in [0.3, 0.4) is 0 Å². The summed E-state index contributed by atoms with van der Waals surface area (Å²) in [5.74, 6) is -2.90. The highest BCUT2D eigenvalue weighted by atomic mass is 31.2. The Morgan fingerprint density at radius 1 is 1.38 bits per heavy atom. The predicted molar refractivity (Wildman–Crippen MR) is 124 cm³/mol. The van der Waals surface area contributed by atoms with Crippen LogP contribution in [0.1, 0.15) is 27.7 Å². The number of nitrogens with one attached hydrogen (secondary N) is 2. The first-order valence-corrected chi connectivity index (χ1v) is 12.6. The molecule has 0 radical (unpaired) electrons. The first kappa shape index (κ1) is 27.9. The number of nitrogen functional groups attached to an aromatic ring is 1. The lowest BCUT2D eigenvalue weighted by Crippen LogP contribution is -2.48. The van der Waals surface area contributed by atoms with Crippen molar-refractivity contribution >= 4 is 36.4 Å². The average Bonchev–Trinajstić information content (AvgIpc) is 3.17. The van der Waals surface area contributed by atoms with Gasteiger partial charge in [-0.2, -0.15) is 9.97 Å². The summed E-state index contributed by atoms with van der Waals surface area (Å²) in [6.07, 6.45) is -2.23. The molecule has 0 saturated heterocycles. The van der Waals surface area contributed by atoms with E-state index >= 15 is 4.39 Å².